The molecule has 0 amide bonds. The van der Waals surface area contributed by atoms with Gasteiger partial charge < -0.3 is 5.32 Å². The average molecular weight is 169 g/mol. The molecule has 1 nitrogen and oxygen atoms in total. The third-order valence-electron chi connectivity index (χ3n) is 1.88. The van der Waals surface area contributed by atoms with Crippen LogP contribution < -0.4 is 5.32 Å². The summed E-state index contributed by atoms with van der Waals surface area (Å²) < 4.78 is 12.5. The number of halogens is 1. The van der Waals surface area contributed by atoms with Crippen molar-refractivity contribution in [1.29, 1.82) is 0 Å². The van der Waals surface area contributed by atoms with Gasteiger partial charge in [0.05, 0.1) is 0 Å². The summed E-state index contributed by atoms with van der Waals surface area (Å²) in [6.07, 6.45) is 0. The topological polar surface area (TPSA) is 12.0 Å². The normalized spacial score (nSPS) is 12.9. The minimum Gasteiger partial charge on any atom is -0.310 e. The zero-order valence-corrected chi connectivity index (χ0v) is 7.47. The first-order valence-electron chi connectivity index (χ1n) is 4.23. The van der Waals surface area contributed by atoms with E-state index in [0.29, 0.717) is 6.04 Å². The zero-order chi connectivity index (χ0) is 8.97. The Morgan fingerprint density at radius 3 is 2.50 bits per heavy atom. The second-order valence-electron chi connectivity index (χ2n) is 2.83. The first-order chi connectivity index (χ1) is 5.74. The van der Waals surface area contributed by atoms with Crippen LogP contribution in [0.5, 0.6) is 0 Å². The number of hydrogen-bond donors (Lipinski definition) is 1. The number of rotatable bonds is 3. The molecule has 1 rings (SSSR count). The highest BCUT2D eigenvalue weighted by Crippen LogP contribution is 2.11. The SMILES string of the molecule is CCNC(C)c1ccc(F)cc1.[HH]. The smallest absolute Gasteiger partial charge is 0.123 e. The molecule has 1 unspecified atom stereocenters. The van der Waals surface area contributed by atoms with Gasteiger partial charge in [-0.3, -0.25) is 0 Å². The Hall–Kier alpha value is -0.890. The Morgan fingerprint density at radius 1 is 1.42 bits per heavy atom. The van der Waals surface area contributed by atoms with Crippen molar-refractivity contribution in [2.24, 2.45) is 0 Å². The van der Waals surface area contributed by atoms with Gasteiger partial charge in [-0.25, -0.2) is 4.39 Å². The lowest BCUT2D eigenvalue weighted by molar-refractivity contribution is 0.592. The van der Waals surface area contributed by atoms with Gasteiger partial charge in [0.15, 0.2) is 0 Å². The second kappa shape index (κ2) is 4.21. The summed E-state index contributed by atoms with van der Waals surface area (Å²) in [4.78, 5) is 0. The van der Waals surface area contributed by atoms with Crippen molar-refractivity contribution in [2.45, 2.75) is 19.9 Å². The Balaban J connectivity index is 0.00000144. The molecule has 1 atom stereocenters. The van der Waals surface area contributed by atoms with Gasteiger partial charge in [0.2, 0.25) is 0 Å². The van der Waals surface area contributed by atoms with E-state index in [1.165, 1.54) is 12.1 Å². The number of hydrogen-bond acceptors (Lipinski definition) is 1. The molecule has 0 saturated heterocycles. The minimum atomic E-state index is -0.178. The van der Waals surface area contributed by atoms with Crippen LogP contribution in [-0.2, 0) is 0 Å². The fourth-order valence-electron chi connectivity index (χ4n) is 1.18. The van der Waals surface area contributed by atoms with Crippen molar-refractivity contribution in [3.63, 3.8) is 0 Å². The predicted octanol–water partition coefficient (Wildman–Crippen LogP) is 2.74. The van der Waals surface area contributed by atoms with E-state index in [1.54, 1.807) is 0 Å². The van der Waals surface area contributed by atoms with Gasteiger partial charge >= 0.3 is 0 Å². The summed E-state index contributed by atoms with van der Waals surface area (Å²) in [5.41, 5.74) is 1.12. The molecule has 0 aliphatic carbocycles. The van der Waals surface area contributed by atoms with E-state index in [-0.39, 0.29) is 7.24 Å². The lowest BCUT2D eigenvalue weighted by Crippen LogP contribution is -2.17. The van der Waals surface area contributed by atoms with Gasteiger partial charge in [-0.1, -0.05) is 19.1 Å². The van der Waals surface area contributed by atoms with Gasteiger partial charge in [0.1, 0.15) is 5.82 Å². The fourth-order valence-corrected chi connectivity index (χ4v) is 1.18. The average Bonchev–Trinajstić information content (AvgIpc) is 2.06. The molecule has 0 spiro atoms. The fraction of sp³-hybridized carbons (Fsp3) is 0.400. The molecule has 0 saturated carbocycles. The van der Waals surface area contributed by atoms with Crippen molar-refractivity contribution in [3.05, 3.63) is 35.6 Å². The van der Waals surface area contributed by atoms with E-state index in [2.05, 4.69) is 19.2 Å². The molecular weight excluding hydrogens is 153 g/mol. The Labute approximate surface area is 74.1 Å². The summed E-state index contributed by atoms with van der Waals surface area (Å²) in [5, 5.41) is 3.26. The van der Waals surface area contributed by atoms with E-state index in [1.807, 2.05) is 12.1 Å². The summed E-state index contributed by atoms with van der Waals surface area (Å²) in [6.45, 7) is 5.05. The zero-order valence-electron chi connectivity index (χ0n) is 7.47. The summed E-state index contributed by atoms with van der Waals surface area (Å²) >= 11 is 0. The lowest BCUT2D eigenvalue weighted by atomic mass is 10.1. The first-order valence-corrected chi connectivity index (χ1v) is 4.23. The van der Waals surface area contributed by atoms with Crippen molar-refractivity contribution < 1.29 is 5.82 Å². The van der Waals surface area contributed by atoms with Gasteiger partial charge in [-0.15, -0.1) is 0 Å². The lowest BCUT2D eigenvalue weighted by Gasteiger charge is -2.11. The number of nitrogens with one attached hydrogen (secondary N) is 1. The number of benzene rings is 1. The van der Waals surface area contributed by atoms with E-state index < -0.39 is 0 Å². The molecule has 1 N–H and O–H groups in total. The van der Waals surface area contributed by atoms with Crippen LogP contribution in [0.2, 0.25) is 0 Å². The molecule has 0 radical (unpaired) electrons. The highest BCUT2D eigenvalue weighted by Gasteiger charge is 2.01. The third kappa shape index (κ3) is 2.31. The van der Waals surface area contributed by atoms with Crippen LogP contribution in [0.3, 0.4) is 0 Å². The van der Waals surface area contributed by atoms with Crippen LogP contribution in [0.15, 0.2) is 24.3 Å². The van der Waals surface area contributed by atoms with E-state index >= 15 is 0 Å². The van der Waals surface area contributed by atoms with Crippen molar-refractivity contribution in [1.82, 2.24) is 5.32 Å². The van der Waals surface area contributed by atoms with Crippen molar-refractivity contribution in [2.75, 3.05) is 6.54 Å². The molecule has 1 aromatic carbocycles. The minimum absolute atomic E-state index is 0. The monoisotopic (exact) mass is 169 g/mol. The maximum absolute atomic E-state index is 12.5. The van der Waals surface area contributed by atoms with Crippen molar-refractivity contribution >= 4 is 0 Å². The molecule has 0 bridgehead atoms. The third-order valence-corrected chi connectivity index (χ3v) is 1.88. The Bertz CT molecular complexity index is 235. The summed E-state index contributed by atoms with van der Waals surface area (Å²) in [5.74, 6) is -0.178. The molecule has 2 heteroatoms. The largest absolute Gasteiger partial charge is 0.310 e. The first kappa shape index (κ1) is 9.20. The van der Waals surface area contributed by atoms with Gasteiger partial charge in [0.25, 0.3) is 0 Å². The van der Waals surface area contributed by atoms with Crippen LogP contribution in [0.1, 0.15) is 26.9 Å². The molecule has 68 valence electrons. The van der Waals surface area contributed by atoms with Crippen LogP contribution in [0, 0.1) is 5.82 Å². The molecule has 0 aliphatic rings. The van der Waals surface area contributed by atoms with Crippen molar-refractivity contribution in [3.8, 4) is 0 Å². The molecule has 1 aromatic rings. The Morgan fingerprint density at radius 2 is 2.00 bits per heavy atom. The molecule has 0 fully saturated rings. The van der Waals surface area contributed by atoms with Crippen LogP contribution in [0.4, 0.5) is 4.39 Å². The maximum atomic E-state index is 12.5. The standard InChI is InChI=1S/C10H14FN.H2/c1-3-12-8(2)9-4-6-10(11)7-5-9;/h4-8,12H,3H2,1-2H3;1H. The molecule has 0 heterocycles. The van der Waals surface area contributed by atoms with Crippen LogP contribution in [0.25, 0.3) is 0 Å². The molecule has 0 aliphatic heterocycles. The van der Waals surface area contributed by atoms with Crippen LogP contribution >= 0.6 is 0 Å². The second-order valence-corrected chi connectivity index (χ2v) is 2.83. The van der Waals surface area contributed by atoms with E-state index in [0.717, 1.165) is 12.1 Å². The van der Waals surface area contributed by atoms with Gasteiger partial charge in [-0.2, -0.15) is 0 Å². The molecular formula is C10H16FN. The van der Waals surface area contributed by atoms with E-state index in [9.17, 15) is 4.39 Å². The summed E-state index contributed by atoms with van der Waals surface area (Å²) in [6, 6.07) is 6.90. The van der Waals surface area contributed by atoms with E-state index in [4.69, 9.17) is 0 Å². The van der Waals surface area contributed by atoms with Crippen LogP contribution in [-0.4, -0.2) is 6.54 Å². The Kier molecular flexibility index (Phi) is 3.23. The van der Waals surface area contributed by atoms with Gasteiger partial charge in [-0.05, 0) is 31.2 Å². The highest BCUT2D eigenvalue weighted by atomic mass is 19.1. The molecule has 0 aromatic heterocycles. The molecule has 12 heavy (non-hydrogen) atoms. The predicted molar refractivity (Wildman–Crippen MR) is 50.6 cm³/mol. The summed E-state index contributed by atoms with van der Waals surface area (Å²) in [7, 11) is 0. The maximum Gasteiger partial charge on any atom is 0.123 e. The van der Waals surface area contributed by atoms with Gasteiger partial charge in [0, 0.05) is 7.47 Å². The quantitative estimate of drug-likeness (QED) is 0.733. The highest BCUT2D eigenvalue weighted by molar-refractivity contribution is 5.19.